The highest BCUT2D eigenvalue weighted by molar-refractivity contribution is 8.02. The van der Waals surface area contributed by atoms with Crippen molar-refractivity contribution >= 4 is 23.4 Å². The summed E-state index contributed by atoms with van der Waals surface area (Å²) in [4.78, 5) is 15.1. The molecule has 1 heterocycles. The van der Waals surface area contributed by atoms with Crippen LogP contribution in [-0.2, 0) is 6.54 Å². The van der Waals surface area contributed by atoms with Crippen molar-refractivity contribution in [3.63, 3.8) is 0 Å². The fraction of sp³-hybridized carbons (Fsp3) is 0.531. The van der Waals surface area contributed by atoms with E-state index in [0.29, 0.717) is 23.7 Å². The largest absolute Gasteiger partial charge is 0.493 e. The number of thioether (sulfide) groups is 1. The summed E-state index contributed by atoms with van der Waals surface area (Å²) in [5, 5.41) is 5.12. The van der Waals surface area contributed by atoms with Crippen LogP contribution in [0.2, 0.25) is 0 Å². The van der Waals surface area contributed by atoms with Gasteiger partial charge in [-0.05, 0) is 47.7 Å². The summed E-state index contributed by atoms with van der Waals surface area (Å²) in [6.07, 6.45) is 18.0. The smallest absolute Gasteiger partial charge is 0.255 e. The maximum Gasteiger partial charge on any atom is 0.255 e. The van der Waals surface area contributed by atoms with Crippen LogP contribution in [0.15, 0.2) is 54.1 Å². The molecule has 0 fully saturated rings. The molecule has 1 amide bonds. The second-order valence-corrected chi connectivity index (χ2v) is 10.9. The quantitative estimate of drug-likeness (QED) is 0.181. The number of amides is 1. The number of carbonyl (C=O) groups excluding carboxylic acids is 1. The molecule has 0 atom stereocenters. The zero-order valence-electron chi connectivity index (χ0n) is 23.4. The fourth-order valence-electron chi connectivity index (χ4n) is 4.65. The molecule has 1 N–H and O–H groups in total. The summed E-state index contributed by atoms with van der Waals surface area (Å²) < 4.78 is 11.5. The molecule has 0 aliphatic carbocycles. The van der Waals surface area contributed by atoms with E-state index in [1.807, 2.05) is 24.3 Å². The number of unbranched alkanes of at least 4 members (excludes halogenated alkanes) is 11. The number of anilines is 1. The van der Waals surface area contributed by atoms with Gasteiger partial charge in [-0.3, -0.25) is 4.79 Å². The van der Waals surface area contributed by atoms with Gasteiger partial charge in [0, 0.05) is 24.0 Å². The maximum absolute atomic E-state index is 12.9. The minimum atomic E-state index is -0.162. The molecule has 0 saturated carbocycles. The van der Waals surface area contributed by atoms with Crippen molar-refractivity contribution < 1.29 is 14.3 Å². The fourth-order valence-corrected chi connectivity index (χ4v) is 5.36. The van der Waals surface area contributed by atoms with E-state index in [9.17, 15) is 4.79 Å². The molecule has 6 heteroatoms. The number of benzene rings is 2. The van der Waals surface area contributed by atoms with Gasteiger partial charge >= 0.3 is 0 Å². The predicted molar refractivity (Wildman–Crippen MR) is 161 cm³/mol. The van der Waals surface area contributed by atoms with E-state index in [4.69, 9.17) is 9.47 Å². The van der Waals surface area contributed by atoms with Gasteiger partial charge in [0.1, 0.15) is 0 Å². The van der Waals surface area contributed by atoms with Gasteiger partial charge in [0.05, 0.1) is 19.6 Å². The van der Waals surface area contributed by atoms with Crippen LogP contribution in [0, 0.1) is 0 Å². The minimum Gasteiger partial charge on any atom is -0.493 e. The molecule has 0 aromatic heterocycles. The second kappa shape index (κ2) is 17.8. The summed E-state index contributed by atoms with van der Waals surface area (Å²) in [5.74, 6) is 2.07. The van der Waals surface area contributed by atoms with Gasteiger partial charge < -0.3 is 19.7 Å². The number of hydrogen-bond donors (Lipinski definition) is 1. The Hall–Kier alpha value is -2.60. The first-order chi connectivity index (χ1) is 18.7. The van der Waals surface area contributed by atoms with Gasteiger partial charge in [0.2, 0.25) is 0 Å². The lowest BCUT2D eigenvalue weighted by molar-refractivity contribution is 0.102. The monoisotopic (exact) mass is 538 g/mol. The molecule has 1 aliphatic heterocycles. The van der Waals surface area contributed by atoms with E-state index in [1.54, 1.807) is 31.0 Å². The highest BCUT2D eigenvalue weighted by atomic mass is 32.2. The number of nitrogens with one attached hydrogen (secondary N) is 1. The Morgan fingerprint density at radius 3 is 2.26 bits per heavy atom. The second-order valence-electron chi connectivity index (χ2n) is 10.1. The Balaban J connectivity index is 1.34. The van der Waals surface area contributed by atoms with Gasteiger partial charge in [-0.15, -0.1) is 11.8 Å². The molecule has 3 rings (SSSR count). The van der Waals surface area contributed by atoms with Gasteiger partial charge in [0.15, 0.2) is 11.5 Å². The van der Waals surface area contributed by atoms with Crippen molar-refractivity contribution in [1.82, 2.24) is 4.90 Å². The minimum absolute atomic E-state index is 0.162. The van der Waals surface area contributed by atoms with Crippen LogP contribution in [-0.4, -0.2) is 30.4 Å². The number of rotatable bonds is 19. The van der Waals surface area contributed by atoms with Crippen LogP contribution in [0.25, 0.3) is 0 Å². The summed E-state index contributed by atoms with van der Waals surface area (Å²) in [5.41, 5.74) is 2.49. The molecular formula is C32H46N2O3S. The van der Waals surface area contributed by atoms with E-state index in [0.717, 1.165) is 30.1 Å². The molecule has 0 unspecified atom stereocenters. The summed E-state index contributed by atoms with van der Waals surface area (Å²) >= 11 is 1.78. The summed E-state index contributed by atoms with van der Waals surface area (Å²) in [6, 6.07) is 13.4. The highest BCUT2D eigenvalue weighted by Crippen LogP contribution is 2.29. The van der Waals surface area contributed by atoms with Crippen molar-refractivity contribution in [2.45, 2.75) is 90.5 Å². The van der Waals surface area contributed by atoms with Gasteiger partial charge in [-0.2, -0.15) is 0 Å². The average molecular weight is 539 g/mol. The third-order valence-corrected chi connectivity index (χ3v) is 7.65. The van der Waals surface area contributed by atoms with Crippen LogP contribution >= 0.6 is 11.8 Å². The highest BCUT2D eigenvalue weighted by Gasteiger charge is 2.13. The number of carbonyl (C=O) groups is 1. The van der Waals surface area contributed by atoms with Crippen molar-refractivity contribution in [3.05, 3.63) is 65.2 Å². The lowest BCUT2D eigenvalue weighted by Gasteiger charge is -2.15. The van der Waals surface area contributed by atoms with Gasteiger partial charge in [-0.25, -0.2) is 0 Å². The Labute approximate surface area is 234 Å². The average Bonchev–Trinajstić information content (AvgIpc) is 3.44. The summed E-state index contributed by atoms with van der Waals surface area (Å²) in [7, 11) is 1.61. The molecule has 38 heavy (non-hydrogen) atoms. The normalized spacial score (nSPS) is 12.6. The lowest BCUT2D eigenvalue weighted by atomic mass is 10.1. The van der Waals surface area contributed by atoms with Crippen LogP contribution in [0.1, 0.15) is 99.9 Å². The molecular weight excluding hydrogens is 492 g/mol. The molecule has 0 radical (unpaired) electrons. The Morgan fingerprint density at radius 1 is 0.895 bits per heavy atom. The van der Waals surface area contributed by atoms with Crippen molar-refractivity contribution in [2.75, 3.05) is 24.9 Å². The van der Waals surface area contributed by atoms with E-state index >= 15 is 0 Å². The molecule has 0 saturated heterocycles. The van der Waals surface area contributed by atoms with Gasteiger partial charge in [-0.1, -0.05) is 89.7 Å². The molecule has 5 nitrogen and oxygen atoms in total. The Kier molecular flexibility index (Phi) is 14.0. The lowest BCUT2D eigenvalue weighted by Crippen LogP contribution is -2.14. The molecule has 0 spiro atoms. The van der Waals surface area contributed by atoms with E-state index in [-0.39, 0.29) is 5.91 Å². The van der Waals surface area contributed by atoms with Crippen LogP contribution in [0.5, 0.6) is 11.5 Å². The summed E-state index contributed by atoms with van der Waals surface area (Å²) in [6.45, 7) is 3.76. The van der Waals surface area contributed by atoms with Crippen LogP contribution < -0.4 is 14.8 Å². The number of methoxy groups -OCH3 is 1. The molecule has 208 valence electrons. The zero-order valence-corrected chi connectivity index (χ0v) is 24.2. The standard InChI is InChI=1S/C32H46N2O3S/c1-3-4-5-6-7-8-9-10-11-12-13-14-21-37-30-19-18-28(24-31(30)36-2)32(35)33-29-17-15-16-27(23-29)25-34-20-22-38-26-34/h15-20,22-24H,3-14,21,25-26H2,1-2H3,(H,33,35). The number of hydrogen-bond acceptors (Lipinski definition) is 5. The van der Waals surface area contributed by atoms with Crippen molar-refractivity contribution in [2.24, 2.45) is 0 Å². The predicted octanol–water partition coefficient (Wildman–Crippen LogP) is 9.00. The van der Waals surface area contributed by atoms with E-state index < -0.39 is 0 Å². The first kappa shape index (κ1) is 29.9. The van der Waals surface area contributed by atoms with Crippen LogP contribution in [0.4, 0.5) is 5.69 Å². The molecule has 1 aliphatic rings. The third-order valence-electron chi connectivity index (χ3n) is 6.86. The zero-order chi connectivity index (χ0) is 26.8. The molecule has 2 aromatic carbocycles. The topological polar surface area (TPSA) is 50.8 Å². The molecule has 0 bridgehead atoms. The van der Waals surface area contributed by atoms with E-state index in [1.165, 1.54) is 70.6 Å². The first-order valence-electron chi connectivity index (χ1n) is 14.4. The molecule has 2 aromatic rings. The first-order valence-corrected chi connectivity index (χ1v) is 15.5. The van der Waals surface area contributed by atoms with Crippen LogP contribution in [0.3, 0.4) is 0 Å². The van der Waals surface area contributed by atoms with Crippen molar-refractivity contribution in [1.29, 1.82) is 0 Å². The van der Waals surface area contributed by atoms with Gasteiger partial charge in [0.25, 0.3) is 5.91 Å². The number of ether oxygens (including phenoxy) is 2. The number of nitrogens with zero attached hydrogens (tertiary/aromatic N) is 1. The third kappa shape index (κ3) is 11.0. The maximum atomic E-state index is 12.9. The Morgan fingerprint density at radius 2 is 1.61 bits per heavy atom. The van der Waals surface area contributed by atoms with E-state index in [2.05, 4.69) is 34.8 Å². The Bertz CT molecular complexity index is 994. The SMILES string of the molecule is CCCCCCCCCCCCCCOc1ccc(C(=O)Nc2cccc(CN3C=CSC3)c2)cc1OC. The van der Waals surface area contributed by atoms with Crippen molar-refractivity contribution in [3.8, 4) is 11.5 Å².